The minimum atomic E-state index is 0.603. The highest BCUT2D eigenvalue weighted by atomic mass is 17.0. The van der Waals surface area contributed by atoms with Crippen LogP contribution < -0.4 is 5.32 Å². The second-order valence-electron chi connectivity index (χ2n) is 5.80. The number of benzene rings is 2. The summed E-state index contributed by atoms with van der Waals surface area (Å²) in [4.78, 5) is 9.37. The fourth-order valence-electron chi connectivity index (χ4n) is 2.74. The molecule has 7 heteroatoms. The molecule has 0 amide bonds. The normalized spacial score (nSPS) is 11.4. The van der Waals surface area contributed by atoms with E-state index in [1.807, 2.05) is 55.5 Å². The molecule has 0 fully saturated rings. The molecule has 0 spiro atoms. The van der Waals surface area contributed by atoms with Gasteiger partial charge in [0, 0.05) is 28.8 Å². The minimum absolute atomic E-state index is 0.603. The van der Waals surface area contributed by atoms with E-state index in [4.69, 9.17) is 14.1 Å². The van der Waals surface area contributed by atoms with Gasteiger partial charge in [0.25, 0.3) is 0 Å². The SMILES string of the molecule is Cc1cc(Nc2nc(-c3ccc4ooc4c3)nc3ccccc23)n[nH]1. The molecule has 5 aromatic rings. The number of aromatic nitrogens is 4. The average molecular weight is 331 g/mol. The number of hydrogen-bond donors (Lipinski definition) is 2. The Morgan fingerprint density at radius 3 is 2.60 bits per heavy atom. The van der Waals surface area contributed by atoms with Gasteiger partial charge in [-0.15, -0.1) is 0 Å². The van der Waals surface area contributed by atoms with E-state index in [0.717, 1.165) is 27.7 Å². The molecule has 2 N–H and O–H groups in total. The van der Waals surface area contributed by atoms with Crippen LogP contribution in [0.15, 0.2) is 57.7 Å². The Bertz CT molecular complexity index is 1200. The van der Waals surface area contributed by atoms with Crippen molar-refractivity contribution in [3.8, 4) is 11.4 Å². The van der Waals surface area contributed by atoms with Crippen LogP contribution in [0, 0.1) is 6.92 Å². The fraction of sp³-hybridized carbons (Fsp3) is 0.0556. The largest absolute Gasteiger partial charge is 0.323 e. The lowest BCUT2D eigenvalue weighted by Gasteiger charge is -2.09. The second kappa shape index (κ2) is 5.20. The van der Waals surface area contributed by atoms with Crippen LogP contribution in [0.25, 0.3) is 33.5 Å². The smallest absolute Gasteiger partial charge is 0.226 e. The van der Waals surface area contributed by atoms with Gasteiger partial charge in [-0.3, -0.25) is 14.3 Å². The van der Waals surface area contributed by atoms with Crippen LogP contribution >= 0.6 is 0 Å². The number of para-hydroxylation sites is 1. The molecule has 0 radical (unpaired) electrons. The Kier molecular flexibility index (Phi) is 2.87. The zero-order valence-electron chi connectivity index (χ0n) is 13.3. The number of aromatic amines is 1. The Morgan fingerprint density at radius 2 is 1.84 bits per heavy atom. The summed E-state index contributed by atoms with van der Waals surface area (Å²) in [5.41, 5.74) is 4.08. The van der Waals surface area contributed by atoms with Crippen LogP contribution in [0.3, 0.4) is 0 Å². The molecule has 0 atom stereocenters. The highest BCUT2D eigenvalue weighted by molar-refractivity contribution is 5.92. The highest BCUT2D eigenvalue weighted by Crippen LogP contribution is 2.29. The third-order valence-corrected chi connectivity index (χ3v) is 3.98. The predicted octanol–water partition coefficient (Wildman–Crippen LogP) is 4.41. The first-order chi connectivity index (χ1) is 12.3. The molecule has 5 rings (SSSR count). The van der Waals surface area contributed by atoms with Crippen molar-refractivity contribution < 1.29 is 9.15 Å². The number of hydrogen-bond acceptors (Lipinski definition) is 6. The van der Waals surface area contributed by atoms with Crippen LogP contribution in [0.5, 0.6) is 0 Å². The van der Waals surface area contributed by atoms with E-state index >= 15 is 0 Å². The van der Waals surface area contributed by atoms with Gasteiger partial charge in [-0.2, -0.15) is 5.10 Å². The van der Waals surface area contributed by atoms with Crippen molar-refractivity contribution in [1.82, 2.24) is 20.2 Å². The third-order valence-electron chi connectivity index (χ3n) is 3.98. The molecule has 0 aliphatic carbocycles. The van der Waals surface area contributed by atoms with Gasteiger partial charge in [0.1, 0.15) is 5.82 Å². The summed E-state index contributed by atoms with van der Waals surface area (Å²) in [7, 11) is 0. The number of H-pyrrole nitrogens is 1. The molecule has 25 heavy (non-hydrogen) atoms. The van der Waals surface area contributed by atoms with E-state index in [9.17, 15) is 0 Å². The van der Waals surface area contributed by atoms with Crippen molar-refractivity contribution in [2.24, 2.45) is 0 Å². The quantitative estimate of drug-likeness (QED) is 0.476. The number of fused-ring (bicyclic) bond motifs is 2. The van der Waals surface area contributed by atoms with E-state index in [2.05, 4.69) is 20.5 Å². The summed E-state index contributed by atoms with van der Waals surface area (Å²) < 4.78 is 9.85. The van der Waals surface area contributed by atoms with E-state index in [1.54, 1.807) is 0 Å². The Balaban J connectivity index is 1.67. The maximum atomic E-state index is 4.97. The van der Waals surface area contributed by atoms with Gasteiger partial charge >= 0.3 is 0 Å². The molecule has 0 saturated heterocycles. The van der Waals surface area contributed by atoms with Crippen molar-refractivity contribution in [2.45, 2.75) is 6.92 Å². The van der Waals surface area contributed by atoms with Crippen molar-refractivity contribution in [1.29, 1.82) is 0 Å². The number of aryl methyl sites for hydroxylation is 1. The molecular formula is C18H13N5O2. The molecular weight excluding hydrogens is 318 g/mol. The van der Waals surface area contributed by atoms with Gasteiger partial charge in [0.15, 0.2) is 11.6 Å². The monoisotopic (exact) mass is 331 g/mol. The minimum Gasteiger partial charge on any atom is -0.323 e. The molecule has 0 unspecified atom stereocenters. The first-order valence-corrected chi connectivity index (χ1v) is 7.81. The maximum Gasteiger partial charge on any atom is 0.226 e. The van der Waals surface area contributed by atoms with Gasteiger partial charge in [0.2, 0.25) is 11.2 Å². The van der Waals surface area contributed by atoms with E-state index in [1.165, 1.54) is 0 Å². The lowest BCUT2D eigenvalue weighted by atomic mass is 10.1. The molecule has 0 bridgehead atoms. The van der Waals surface area contributed by atoms with Crippen LogP contribution in [0.4, 0.5) is 11.6 Å². The van der Waals surface area contributed by atoms with E-state index in [-0.39, 0.29) is 0 Å². The van der Waals surface area contributed by atoms with Crippen LogP contribution in [0.2, 0.25) is 0 Å². The average Bonchev–Trinajstić information content (AvgIpc) is 3.01. The molecule has 0 saturated carbocycles. The molecule has 3 aromatic heterocycles. The fourth-order valence-corrected chi connectivity index (χ4v) is 2.74. The summed E-state index contributed by atoms with van der Waals surface area (Å²) in [6.07, 6.45) is 0. The molecule has 0 aliphatic heterocycles. The summed E-state index contributed by atoms with van der Waals surface area (Å²) in [6, 6.07) is 15.4. The zero-order valence-corrected chi connectivity index (χ0v) is 13.3. The summed E-state index contributed by atoms with van der Waals surface area (Å²) in [6.45, 7) is 1.95. The molecule has 0 aliphatic rings. The Hall–Kier alpha value is -3.61. The maximum absolute atomic E-state index is 4.97. The van der Waals surface area contributed by atoms with Gasteiger partial charge in [-0.1, -0.05) is 12.1 Å². The lowest BCUT2D eigenvalue weighted by molar-refractivity contribution is 0.0590. The van der Waals surface area contributed by atoms with Gasteiger partial charge < -0.3 is 5.32 Å². The van der Waals surface area contributed by atoms with Gasteiger partial charge in [-0.25, -0.2) is 9.97 Å². The van der Waals surface area contributed by atoms with Crippen molar-refractivity contribution >= 4 is 33.7 Å². The van der Waals surface area contributed by atoms with Crippen molar-refractivity contribution in [2.75, 3.05) is 5.32 Å². The van der Waals surface area contributed by atoms with E-state index in [0.29, 0.717) is 23.0 Å². The first-order valence-electron chi connectivity index (χ1n) is 7.81. The molecule has 2 aromatic carbocycles. The second-order valence-corrected chi connectivity index (χ2v) is 5.80. The van der Waals surface area contributed by atoms with Crippen LogP contribution in [-0.2, 0) is 0 Å². The first kappa shape index (κ1) is 13.8. The Labute approximate surface area is 141 Å². The van der Waals surface area contributed by atoms with Crippen molar-refractivity contribution in [3.63, 3.8) is 0 Å². The number of nitrogens with zero attached hydrogens (tertiary/aromatic N) is 3. The predicted molar refractivity (Wildman–Crippen MR) is 93.6 cm³/mol. The molecule has 122 valence electrons. The lowest BCUT2D eigenvalue weighted by Crippen LogP contribution is -1.99. The Morgan fingerprint density at radius 1 is 0.960 bits per heavy atom. The topological polar surface area (TPSA) is 92.8 Å². The third kappa shape index (κ3) is 2.33. The van der Waals surface area contributed by atoms with Crippen molar-refractivity contribution in [3.05, 3.63) is 54.2 Å². The number of anilines is 2. The molecule has 3 heterocycles. The number of rotatable bonds is 3. The molecule has 7 nitrogen and oxygen atoms in total. The summed E-state index contributed by atoms with van der Waals surface area (Å²) >= 11 is 0. The standard InChI is InChI=1S/C18H13N5O2/c1-10-8-16(23-22-10)20-18-12-4-2-3-5-13(12)19-17(21-18)11-6-7-14-15(9-11)25-24-14/h2-9H,1H3,(H2,19,20,21,22,23). The van der Waals surface area contributed by atoms with E-state index < -0.39 is 0 Å². The van der Waals surface area contributed by atoms with Gasteiger partial charge in [0.05, 0.1) is 5.52 Å². The van der Waals surface area contributed by atoms with Crippen LogP contribution in [0.1, 0.15) is 5.69 Å². The van der Waals surface area contributed by atoms with Gasteiger partial charge in [-0.05, 0) is 31.2 Å². The zero-order chi connectivity index (χ0) is 16.8. The summed E-state index contributed by atoms with van der Waals surface area (Å²) in [5.74, 6) is 2.01. The summed E-state index contributed by atoms with van der Waals surface area (Å²) in [5, 5.41) is 11.3. The van der Waals surface area contributed by atoms with Crippen LogP contribution in [-0.4, -0.2) is 20.2 Å². The number of nitrogens with one attached hydrogen (secondary N) is 2. The highest BCUT2D eigenvalue weighted by Gasteiger charge is 2.13.